The highest BCUT2D eigenvalue weighted by Gasteiger charge is 2.09. The van der Waals surface area contributed by atoms with E-state index in [0.717, 1.165) is 0 Å². The first-order chi connectivity index (χ1) is 9.51. The lowest BCUT2D eigenvalue weighted by molar-refractivity contribution is 0.318. The average Bonchev–Trinajstić information content (AvgIpc) is 2.41. The van der Waals surface area contributed by atoms with E-state index >= 15 is 0 Å². The van der Waals surface area contributed by atoms with E-state index in [1.54, 1.807) is 18.2 Å². The molecule has 0 unspecified atom stereocenters. The lowest BCUT2D eigenvalue weighted by Crippen LogP contribution is -2.13. The number of nitrogens with two attached hydrogens (primary N) is 1. The molecule has 0 aliphatic carbocycles. The molecule has 2 aromatic carbocycles. The van der Waals surface area contributed by atoms with Crippen molar-refractivity contribution < 1.29 is 14.3 Å². The first kappa shape index (κ1) is 14.8. The van der Waals surface area contributed by atoms with Crippen LogP contribution >= 0.6 is 31.9 Å². The van der Waals surface area contributed by atoms with Crippen molar-refractivity contribution in [1.82, 2.24) is 0 Å². The first-order valence-corrected chi connectivity index (χ1v) is 7.00. The van der Waals surface area contributed by atoms with Gasteiger partial charge in [0.05, 0.1) is 4.47 Å². The second-order valence-electron chi connectivity index (χ2n) is 3.80. The van der Waals surface area contributed by atoms with E-state index in [9.17, 15) is 4.39 Å². The van der Waals surface area contributed by atoms with E-state index in [0.29, 0.717) is 26.0 Å². The number of ether oxygens (including phenoxy) is 1. The highest BCUT2D eigenvalue weighted by molar-refractivity contribution is 9.10. The van der Waals surface area contributed by atoms with Gasteiger partial charge in [-0.1, -0.05) is 5.16 Å². The third kappa shape index (κ3) is 3.29. The number of nitrogens with zero attached hydrogens (tertiary/aromatic N) is 1. The van der Waals surface area contributed by atoms with Gasteiger partial charge in [0.25, 0.3) is 0 Å². The van der Waals surface area contributed by atoms with Crippen molar-refractivity contribution in [2.75, 3.05) is 0 Å². The van der Waals surface area contributed by atoms with Crippen LogP contribution in [-0.4, -0.2) is 11.0 Å². The van der Waals surface area contributed by atoms with Gasteiger partial charge in [0.15, 0.2) is 5.84 Å². The topological polar surface area (TPSA) is 67.8 Å². The molecule has 7 heteroatoms. The summed E-state index contributed by atoms with van der Waals surface area (Å²) in [6.45, 7) is 0. The van der Waals surface area contributed by atoms with Gasteiger partial charge in [-0.05, 0) is 68.3 Å². The van der Waals surface area contributed by atoms with Gasteiger partial charge in [0, 0.05) is 10.0 Å². The Hall–Kier alpha value is -1.60. The summed E-state index contributed by atoms with van der Waals surface area (Å²) in [6.07, 6.45) is 0. The van der Waals surface area contributed by atoms with Crippen molar-refractivity contribution in [3.63, 3.8) is 0 Å². The zero-order valence-electron chi connectivity index (χ0n) is 9.98. The lowest BCUT2D eigenvalue weighted by Gasteiger charge is -2.09. The van der Waals surface area contributed by atoms with Crippen LogP contribution in [0.2, 0.25) is 0 Å². The van der Waals surface area contributed by atoms with Gasteiger partial charge in [-0.15, -0.1) is 0 Å². The van der Waals surface area contributed by atoms with Crippen LogP contribution in [0.5, 0.6) is 11.5 Å². The number of halogens is 3. The minimum absolute atomic E-state index is 0.00797. The summed E-state index contributed by atoms with van der Waals surface area (Å²) < 4.78 is 19.7. The quantitative estimate of drug-likeness (QED) is 0.348. The highest BCUT2D eigenvalue weighted by Crippen LogP contribution is 2.32. The molecule has 104 valence electrons. The van der Waals surface area contributed by atoms with Gasteiger partial charge in [0.1, 0.15) is 17.3 Å². The van der Waals surface area contributed by atoms with Crippen molar-refractivity contribution in [2.24, 2.45) is 10.9 Å². The molecule has 0 bridgehead atoms. The molecule has 0 atom stereocenters. The van der Waals surface area contributed by atoms with E-state index in [1.807, 2.05) is 0 Å². The molecule has 2 aromatic rings. The monoisotopic (exact) mass is 402 g/mol. The van der Waals surface area contributed by atoms with E-state index in [-0.39, 0.29) is 11.7 Å². The smallest absolute Gasteiger partial charge is 0.171 e. The van der Waals surface area contributed by atoms with E-state index < -0.39 is 0 Å². The minimum Gasteiger partial charge on any atom is -0.456 e. The van der Waals surface area contributed by atoms with E-state index in [1.165, 1.54) is 18.2 Å². The molecule has 0 saturated carbocycles. The Bertz CT molecular complexity index is 677. The van der Waals surface area contributed by atoms with Crippen molar-refractivity contribution in [3.05, 3.63) is 56.7 Å². The number of oxime groups is 1. The first-order valence-electron chi connectivity index (χ1n) is 5.41. The van der Waals surface area contributed by atoms with Gasteiger partial charge in [0.2, 0.25) is 0 Å². The SMILES string of the molecule is N/C(=N/O)c1ccc(Oc2ccc(F)cc2Br)cc1Br. The molecule has 20 heavy (non-hydrogen) atoms. The molecule has 0 aliphatic rings. The summed E-state index contributed by atoms with van der Waals surface area (Å²) in [7, 11) is 0. The Morgan fingerprint density at radius 1 is 1.15 bits per heavy atom. The van der Waals surface area contributed by atoms with Crippen LogP contribution in [0.15, 0.2) is 50.5 Å². The number of hydrogen-bond acceptors (Lipinski definition) is 3. The average molecular weight is 404 g/mol. The summed E-state index contributed by atoms with van der Waals surface area (Å²) in [6, 6.07) is 9.11. The molecule has 0 heterocycles. The molecule has 0 saturated heterocycles. The zero-order chi connectivity index (χ0) is 14.7. The molecular formula is C13H9Br2FN2O2. The van der Waals surface area contributed by atoms with Crippen LogP contribution in [-0.2, 0) is 0 Å². The van der Waals surface area contributed by atoms with E-state index in [2.05, 4.69) is 37.0 Å². The standard InChI is InChI=1S/C13H9Br2FN2O2/c14-10-6-8(2-3-9(10)13(17)18-19)20-12-4-1-7(16)5-11(12)15/h1-6,19H,(H2,17,18). The molecule has 3 N–H and O–H groups in total. The number of benzene rings is 2. The third-order valence-electron chi connectivity index (χ3n) is 2.45. The Kier molecular flexibility index (Phi) is 4.61. The van der Waals surface area contributed by atoms with Crippen molar-refractivity contribution >= 4 is 37.7 Å². The molecule has 0 fully saturated rings. The summed E-state index contributed by atoms with van der Waals surface area (Å²) >= 11 is 6.53. The molecule has 0 amide bonds. The Labute approximate surface area is 131 Å². The van der Waals surface area contributed by atoms with Crippen molar-refractivity contribution in [3.8, 4) is 11.5 Å². The van der Waals surface area contributed by atoms with Crippen LogP contribution in [0, 0.1) is 5.82 Å². The predicted molar refractivity (Wildman–Crippen MR) is 80.8 cm³/mol. The summed E-state index contributed by atoms with van der Waals surface area (Å²) in [4.78, 5) is 0. The summed E-state index contributed by atoms with van der Waals surface area (Å²) in [5.41, 5.74) is 6.06. The van der Waals surface area contributed by atoms with Crippen molar-refractivity contribution in [2.45, 2.75) is 0 Å². The Balaban J connectivity index is 2.29. The maximum absolute atomic E-state index is 13.0. The third-order valence-corrected chi connectivity index (χ3v) is 3.72. The van der Waals surface area contributed by atoms with Gasteiger partial charge in [-0.3, -0.25) is 0 Å². The van der Waals surface area contributed by atoms with Crippen LogP contribution in [0.1, 0.15) is 5.56 Å². The Morgan fingerprint density at radius 3 is 2.50 bits per heavy atom. The van der Waals surface area contributed by atoms with Gasteiger partial charge < -0.3 is 15.7 Å². The summed E-state index contributed by atoms with van der Waals surface area (Å²) in [5, 5.41) is 11.6. The molecule has 0 aromatic heterocycles. The molecule has 2 rings (SSSR count). The Morgan fingerprint density at radius 2 is 1.90 bits per heavy atom. The van der Waals surface area contributed by atoms with Crippen LogP contribution in [0.3, 0.4) is 0 Å². The molecule has 0 aliphatic heterocycles. The molecule has 0 radical (unpaired) electrons. The van der Waals surface area contributed by atoms with Gasteiger partial charge >= 0.3 is 0 Å². The van der Waals surface area contributed by atoms with Crippen LogP contribution in [0.4, 0.5) is 4.39 Å². The van der Waals surface area contributed by atoms with Gasteiger partial charge in [-0.2, -0.15) is 0 Å². The predicted octanol–water partition coefficient (Wildman–Crippen LogP) is 4.24. The van der Waals surface area contributed by atoms with Crippen LogP contribution in [0.25, 0.3) is 0 Å². The fourth-order valence-electron chi connectivity index (χ4n) is 1.51. The second kappa shape index (κ2) is 6.23. The summed E-state index contributed by atoms with van der Waals surface area (Å²) in [5.74, 6) is 0.646. The molecular weight excluding hydrogens is 395 g/mol. The second-order valence-corrected chi connectivity index (χ2v) is 5.51. The zero-order valence-corrected chi connectivity index (χ0v) is 13.2. The van der Waals surface area contributed by atoms with E-state index in [4.69, 9.17) is 15.7 Å². The van der Waals surface area contributed by atoms with Crippen molar-refractivity contribution in [1.29, 1.82) is 0 Å². The van der Waals surface area contributed by atoms with Crippen LogP contribution < -0.4 is 10.5 Å². The molecule has 0 spiro atoms. The maximum Gasteiger partial charge on any atom is 0.171 e. The number of hydrogen-bond donors (Lipinski definition) is 2. The van der Waals surface area contributed by atoms with Gasteiger partial charge in [-0.25, -0.2) is 4.39 Å². The highest BCUT2D eigenvalue weighted by atomic mass is 79.9. The fourth-order valence-corrected chi connectivity index (χ4v) is 2.50. The molecule has 4 nitrogen and oxygen atoms in total. The normalized spacial score (nSPS) is 11.4. The lowest BCUT2D eigenvalue weighted by atomic mass is 10.2. The maximum atomic E-state index is 13.0. The number of amidine groups is 1. The fraction of sp³-hybridized carbons (Fsp3) is 0. The largest absolute Gasteiger partial charge is 0.456 e. The number of rotatable bonds is 3. The minimum atomic E-state index is -0.354.